The Kier molecular flexibility index (Phi) is 60.4. The fraction of sp³-hybridized carbons (Fsp3) is 0.585. The first-order chi connectivity index (χ1) is 40.4. The zero-order chi connectivity index (χ0) is 66.3. The van der Waals surface area contributed by atoms with Crippen molar-refractivity contribution in [2.75, 3.05) is 19.8 Å². The molecule has 5 aromatic rings. The minimum Gasteiger partial charge on any atom is -0.469 e. The van der Waals surface area contributed by atoms with Gasteiger partial charge >= 0.3 is 0 Å². The highest BCUT2D eigenvalue weighted by atomic mass is 16.3. The van der Waals surface area contributed by atoms with Gasteiger partial charge in [-0.3, -0.25) is 0 Å². The summed E-state index contributed by atoms with van der Waals surface area (Å²) in [6.07, 6.45) is 21.1. The third kappa shape index (κ3) is 70.0. The van der Waals surface area contributed by atoms with Gasteiger partial charge in [-0.2, -0.15) is 0 Å². The highest BCUT2D eigenvalue weighted by molar-refractivity contribution is 5.22. The largest absolute Gasteiger partial charge is 0.469 e. The Labute approximate surface area is 535 Å². The van der Waals surface area contributed by atoms with Crippen LogP contribution in [0.2, 0.25) is 0 Å². The number of furan rings is 1. The van der Waals surface area contributed by atoms with Crippen LogP contribution in [-0.2, 0) is 32.1 Å². The van der Waals surface area contributed by atoms with Crippen LogP contribution < -0.4 is 0 Å². The summed E-state index contributed by atoms with van der Waals surface area (Å²) in [7, 11) is 0. The minimum absolute atomic E-state index is 0.201. The van der Waals surface area contributed by atoms with E-state index in [1.165, 1.54) is 78.3 Å². The first-order valence-corrected chi connectivity index (χ1v) is 33.4. The molecule has 0 aliphatic carbocycles. The Morgan fingerprint density at radius 3 is 1.05 bits per heavy atom. The van der Waals surface area contributed by atoms with Gasteiger partial charge in [-0.15, -0.1) is 0 Å². The van der Waals surface area contributed by atoms with E-state index in [0.29, 0.717) is 30.3 Å². The predicted molar refractivity (Wildman–Crippen MR) is 386 cm³/mol. The number of aliphatic hydroxyl groups is 3. The highest BCUT2D eigenvalue weighted by Gasteiger charge is 2.02. The SMILES string of the molecule is C/C(=C/CC(C)C)CO.C/C(=C\CC(C)C)CO.CC(C)=CCC(C)C.CC(C)CCC(C)CO.CC(C)CCc1ccccc1.CC(C)Cc1ccccc1.CC(C)Cc1ccccc1.CC(C)Cc1ccco1.Cc1cccc(CC(C)C)c1. The van der Waals surface area contributed by atoms with Crippen LogP contribution in [0.15, 0.2) is 173 Å². The number of allylic oxidation sites excluding steroid dienone is 4. The van der Waals surface area contributed by atoms with E-state index in [2.05, 4.69) is 286 Å². The molecule has 1 heterocycles. The number of aryl methyl sites for hydroxylation is 2. The van der Waals surface area contributed by atoms with Crippen molar-refractivity contribution < 1.29 is 19.7 Å². The average Bonchev–Trinajstić information content (AvgIpc) is 4.03. The van der Waals surface area contributed by atoms with Gasteiger partial charge in [-0.05, 0) is 186 Å². The first kappa shape index (κ1) is 87.7. The third-order valence-corrected chi connectivity index (χ3v) is 12.7. The summed E-state index contributed by atoms with van der Waals surface area (Å²) >= 11 is 0. The summed E-state index contributed by atoms with van der Waals surface area (Å²) in [4.78, 5) is 0. The van der Waals surface area contributed by atoms with E-state index in [9.17, 15) is 0 Å². The van der Waals surface area contributed by atoms with Gasteiger partial charge in [0.25, 0.3) is 0 Å². The Morgan fingerprint density at radius 1 is 0.372 bits per heavy atom. The first-order valence-electron chi connectivity index (χ1n) is 33.4. The second-order valence-electron chi connectivity index (χ2n) is 27.7. The summed E-state index contributed by atoms with van der Waals surface area (Å²) in [5, 5.41) is 25.8. The molecule has 4 nitrogen and oxygen atoms in total. The van der Waals surface area contributed by atoms with Gasteiger partial charge in [0.2, 0.25) is 0 Å². The molecule has 0 bridgehead atoms. The molecule has 1 atom stereocenters. The summed E-state index contributed by atoms with van der Waals surface area (Å²) < 4.78 is 5.14. The van der Waals surface area contributed by atoms with Crippen LogP contribution in [0.1, 0.15) is 231 Å². The summed E-state index contributed by atoms with van der Waals surface area (Å²) in [5.74, 6) is 8.37. The van der Waals surface area contributed by atoms with Gasteiger partial charge in [0.05, 0.1) is 19.5 Å². The molecular weight excluding hydrogens is 1050 g/mol. The van der Waals surface area contributed by atoms with E-state index < -0.39 is 0 Å². The molecule has 0 amide bonds. The molecule has 0 saturated carbocycles. The average molecular weight is 1190 g/mol. The lowest BCUT2D eigenvalue weighted by molar-refractivity contribution is 0.224. The second kappa shape index (κ2) is 59.2. The smallest absolute Gasteiger partial charge is 0.104 e. The van der Waals surface area contributed by atoms with Crippen molar-refractivity contribution in [1.82, 2.24) is 0 Å². The Hall–Kier alpha value is -4.74. The number of hydrogen-bond donors (Lipinski definition) is 3. The fourth-order valence-corrected chi connectivity index (χ4v) is 7.60. The number of hydrogen-bond acceptors (Lipinski definition) is 4. The van der Waals surface area contributed by atoms with Gasteiger partial charge in [0, 0.05) is 13.0 Å². The van der Waals surface area contributed by atoms with Gasteiger partial charge in [0.1, 0.15) is 5.76 Å². The lowest BCUT2D eigenvalue weighted by Gasteiger charge is -2.08. The topological polar surface area (TPSA) is 73.8 Å². The molecule has 4 heteroatoms. The lowest BCUT2D eigenvalue weighted by Crippen LogP contribution is -2.01. The van der Waals surface area contributed by atoms with Crippen molar-refractivity contribution >= 4 is 0 Å². The number of aliphatic hydroxyl groups excluding tert-OH is 3. The van der Waals surface area contributed by atoms with Gasteiger partial charge in [0.15, 0.2) is 0 Å². The molecule has 0 radical (unpaired) electrons. The normalized spacial score (nSPS) is 11.3. The van der Waals surface area contributed by atoms with E-state index in [1.807, 2.05) is 26.0 Å². The van der Waals surface area contributed by atoms with E-state index in [0.717, 1.165) is 78.1 Å². The van der Waals surface area contributed by atoms with Crippen LogP contribution in [-0.4, -0.2) is 35.1 Å². The highest BCUT2D eigenvalue weighted by Crippen LogP contribution is 2.13. The minimum atomic E-state index is 0.201. The monoisotopic (exact) mass is 1190 g/mol. The molecule has 490 valence electrons. The van der Waals surface area contributed by atoms with E-state index in [-0.39, 0.29) is 13.2 Å². The zero-order valence-electron chi connectivity index (χ0n) is 60.4. The van der Waals surface area contributed by atoms with Crippen molar-refractivity contribution in [2.24, 2.45) is 59.2 Å². The van der Waals surface area contributed by atoms with Crippen LogP contribution in [0.25, 0.3) is 0 Å². The number of rotatable bonds is 23. The van der Waals surface area contributed by atoms with Gasteiger partial charge in [-0.25, -0.2) is 0 Å². The quantitative estimate of drug-likeness (QED) is 0.0570. The lowest BCUT2D eigenvalue weighted by atomic mass is 10.0. The van der Waals surface area contributed by atoms with Crippen molar-refractivity contribution in [3.8, 4) is 0 Å². The van der Waals surface area contributed by atoms with E-state index >= 15 is 0 Å². The van der Waals surface area contributed by atoms with Crippen LogP contribution in [0.4, 0.5) is 0 Å². The fourth-order valence-electron chi connectivity index (χ4n) is 7.60. The molecular formula is C82H138O4. The summed E-state index contributed by atoms with van der Waals surface area (Å²) in [6.45, 7) is 53.1. The molecule has 0 fully saturated rings. The number of benzene rings is 4. The zero-order valence-corrected chi connectivity index (χ0v) is 60.4. The molecule has 0 aliphatic heterocycles. The van der Waals surface area contributed by atoms with Crippen LogP contribution in [0, 0.1) is 66.1 Å². The molecule has 1 unspecified atom stereocenters. The van der Waals surface area contributed by atoms with Crippen molar-refractivity contribution in [3.63, 3.8) is 0 Å². The Balaban J connectivity index is -0.000000441. The molecule has 4 aromatic carbocycles. The second-order valence-corrected chi connectivity index (χ2v) is 27.7. The molecule has 0 saturated heterocycles. The van der Waals surface area contributed by atoms with E-state index in [1.54, 1.807) is 6.26 Å². The van der Waals surface area contributed by atoms with Gasteiger partial charge in [-0.1, -0.05) is 294 Å². The molecule has 1 aromatic heterocycles. The van der Waals surface area contributed by atoms with Crippen LogP contribution >= 0.6 is 0 Å². The Bertz CT molecular complexity index is 2160. The maximum Gasteiger partial charge on any atom is 0.104 e. The Morgan fingerprint density at radius 2 is 0.744 bits per heavy atom. The van der Waals surface area contributed by atoms with Crippen LogP contribution in [0.5, 0.6) is 0 Å². The van der Waals surface area contributed by atoms with Crippen molar-refractivity contribution in [2.45, 2.75) is 237 Å². The summed E-state index contributed by atoms with van der Waals surface area (Å²) in [5.41, 5.74) is 10.7. The third-order valence-electron chi connectivity index (χ3n) is 12.7. The van der Waals surface area contributed by atoms with Crippen molar-refractivity contribution in [3.05, 3.63) is 202 Å². The standard InChI is InChI=1S/2C11H16.2C10H14.C8H12O.C8H18O.2C8H16O.C8H16/c1-9(2)7-11-6-4-5-10(3)8-11;1-10(2)8-9-11-6-4-3-5-7-11;2*1-9(2)8-10-6-4-3-5-7-10;1-7(2)6-8-4-3-5-9-8;3*1-7(2)4-5-8(3)6-9;1-7(2)5-6-8(3)4/h4-6,8-9H,7H2,1-3H3;3-7,10H,8-9H2,1-2H3;2*3-7,9H,8H2,1-2H3;3-5,7H,6H2,1-2H3;7-9H,4-6H2,1-3H3;2*5,7,9H,4,6H2,1-3H3;5,8H,6H2,1-4H3/b;;;;;;8-5+;8-5-;. The maximum atomic E-state index is 8.65. The van der Waals surface area contributed by atoms with E-state index in [4.69, 9.17) is 19.7 Å². The molecule has 0 spiro atoms. The van der Waals surface area contributed by atoms with Gasteiger partial charge < -0.3 is 19.7 Å². The van der Waals surface area contributed by atoms with Crippen LogP contribution in [0.3, 0.4) is 0 Å². The molecule has 5 rings (SSSR count). The summed E-state index contributed by atoms with van der Waals surface area (Å²) in [6, 6.07) is 44.6. The molecule has 86 heavy (non-hydrogen) atoms. The molecule has 3 N–H and O–H groups in total. The molecule has 0 aliphatic rings. The predicted octanol–water partition coefficient (Wildman–Crippen LogP) is 23.7. The van der Waals surface area contributed by atoms with Crippen molar-refractivity contribution in [1.29, 1.82) is 0 Å². The maximum absolute atomic E-state index is 8.65.